The molecule has 82 valence electrons. The zero-order chi connectivity index (χ0) is 11.4. The third-order valence-corrected chi connectivity index (χ3v) is 2.69. The molecule has 0 bridgehead atoms. The Hall–Kier alpha value is -0.480. The van der Waals surface area contributed by atoms with Gasteiger partial charge >= 0.3 is 0 Å². The van der Waals surface area contributed by atoms with Crippen LogP contribution in [0.1, 0.15) is 24.2 Å². The van der Waals surface area contributed by atoms with Crippen LogP contribution in [0.15, 0.2) is 23.1 Å². The molecule has 15 heavy (non-hydrogen) atoms. The van der Waals surface area contributed by atoms with Crippen LogP contribution in [-0.2, 0) is 0 Å². The minimum atomic E-state index is -0.193. The molecule has 4 heteroatoms. The molecule has 1 rings (SSSR count). The van der Waals surface area contributed by atoms with Gasteiger partial charge < -0.3 is 4.74 Å². The molecule has 0 spiro atoms. The molecule has 0 saturated carbocycles. The summed E-state index contributed by atoms with van der Waals surface area (Å²) in [5, 5.41) is 0. The normalized spacial score (nSPS) is 12.3. The molecular weight excluding hydrogens is 276 g/mol. The SMILES string of the molecule is CCOc1ccc(C(=O)C(C)Br)c(S)c1. The quantitative estimate of drug-likeness (QED) is 0.523. The average molecular weight is 289 g/mol. The fraction of sp³-hybridized carbons (Fsp3) is 0.364. The maximum absolute atomic E-state index is 11.7. The van der Waals surface area contributed by atoms with Crippen LogP contribution in [0, 0.1) is 0 Å². The second-order valence-corrected chi connectivity index (χ2v) is 4.95. The number of ether oxygens (including phenoxy) is 1. The number of carbonyl (C=O) groups excluding carboxylic acids is 1. The number of thiol groups is 1. The van der Waals surface area contributed by atoms with Crippen molar-refractivity contribution in [2.45, 2.75) is 23.6 Å². The number of alkyl halides is 1. The Kier molecular flexibility index (Phi) is 4.67. The van der Waals surface area contributed by atoms with Crippen molar-refractivity contribution in [1.82, 2.24) is 0 Å². The lowest BCUT2D eigenvalue weighted by Crippen LogP contribution is -2.10. The van der Waals surface area contributed by atoms with E-state index >= 15 is 0 Å². The fourth-order valence-electron chi connectivity index (χ4n) is 1.19. The maximum atomic E-state index is 11.7. The number of halogens is 1. The number of carbonyl (C=O) groups is 1. The van der Waals surface area contributed by atoms with Crippen LogP contribution in [0.2, 0.25) is 0 Å². The topological polar surface area (TPSA) is 26.3 Å². The highest BCUT2D eigenvalue weighted by molar-refractivity contribution is 9.10. The molecule has 0 amide bonds. The summed E-state index contributed by atoms with van der Waals surface area (Å²) in [7, 11) is 0. The summed E-state index contributed by atoms with van der Waals surface area (Å²) in [6.07, 6.45) is 0. The number of rotatable bonds is 4. The van der Waals surface area contributed by atoms with Crippen molar-refractivity contribution in [1.29, 1.82) is 0 Å². The Morgan fingerprint density at radius 2 is 2.27 bits per heavy atom. The predicted octanol–water partition coefficient (Wildman–Crippen LogP) is 3.34. The number of benzene rings is 1. The molecular formula is C11H13BrO2S. The summed E-state index contributed by atoms with van der Waals surface area (Å²) in [6, 6.07) is 5.29. The summed E-state index contributed by atoms with van der Waals surface area (Å²) >= 11 is 7.52. The van der Waals surface area contributed by atoms with Gasteiger partial charge in [0.05, 0.1) is 11.4 Å². The number of hydrogen-bond donors (Lipinski definition) is 1. The van der Waals surface area contributed by atoms with Crippen LogP contribution >= 0.6 is 28.6 Å². The second-order valence-electron chi connectivity index (χ2n) is 3.09. The lowest BCUT2D eigenvalue weighted by Gasteiger charge is -2.08. The summed E-state index contributed by atoms with van der Waals surface area (Å²) in [5.41, 5.74) is 0.617. The molecule has 0 heterocycles. The lowest BCUT2D eigenvalue weighted by molar-refractivity contribution is 0.0993. The van der Waals surface area contributed by atoms with E-state index in [0.717, 1.165) is 5.75 Å². The number of Topliss-reactive ketones (excluding diaryl/α,β-unsaturated/α-hetero) is 1. The van der Waals surface area contributed by atoms with E-state index in [1.165, 1.54) is 0 Å². The highest BCUT2D eigenvalue weighted by atomic mass is 79.9. The van der Waals surface area contributed by atoms with E-state index in [0.29, 0.717) is 17.1 Å². The maximum Gasteiger partial charge on any atom is 0.177 e. The highest BCUT2D eigenvalue weighted by Gasteiger charge is 2.14. The highest BCUT2D eigenvalue weighted by Crippen LogP contribution is 2.23. The Bertz CT molecular complexity index is 364. The van der Waals surface area contributed by atoms with Crippen molar-refractivity contribution in [3.05, 3.63) is 23.8 Å². The van der Waals surface area contributed by atoms with Gasteiger partial charge in [0.15, 0.2) is 5.78 Å². The average Bonchev–Trinajstić information content (AvgIpc) is 2.17. The van der Waals surface area contributed by atoms with Gasteiger partial charge in [0.25, 0.3) is 0 Å². The zero-order valence-electron chi connectivity index (χ0n) is 8.66. The molecule has 1 aromatic carbocycles. The summed E-state index contributed by atoms with van der Waals surface area (Å²) in [5.74, 6) is 0.768. The summed E-state index contributed by atoms with van der Waals surface area (Å²) in [6.45, 7) is 4.32. The van der Waals surface area contributed by atoms with Gasteiger partial charge in [0.2, 0.25) is 0 Å². The number of ketones is 1. The molecule has 0 aliphatic heterocycles. The van der Waals surface area contributed by atoms with Gasteiger partial charge in [-0.2, -0.15) is 0 Å². The van der Waals surface area contributed by atoms with Crippen molar-refractivity contribution >= 4 is 34.3 Å². The molecule has 1 aromatic rings. The first-order valence-electron chi connectivity index (χ1n) is 4.70. The van der Waals surface area contributed by atoms with Crippen molar-refractivity contribution in [2.24, 2.45) is 0 Å². The standard InChI is InChI=1S/C11H13BrO2S/c1-3-14-8-4-5-9(10(15)6-8)11(13)7(2)12/h4-7,15H,3H2,1-2H3. The van der Waals surface area contributed by atoms with Gasteiger partial charge in [-0.1, -0.05) is 15.9 Å². The fourth-order valence-corrected chi connectivity index (χ4v) is 1.75. The summed E-state index contributed by atoms with van der Waals surface area (Å²) in [4.78, 5) is 12.2. The van der Waals surface area contributed by atoms with E-state index in [2.05, 4.69) is 28.6 Å². The van der Waals surface area contributed by atoms with Crippen LogP contribution < -0.4 is 4.74 Å². The first kappa shape index (κ1) is 12.6. The molecule has 0 radical (unpaired) electrons. The van der Waals surface area contributed by atoms with E-state index in [9.17, 15) is 4.79 Å². The van der Waals surface area contributed by atoms with Gasteiger partial charge in [-0.15, -0.1) is 12.6 Å². The Balaban J connectivity index is 2.97. The summed E-state index contributed by atoms with van der Waals surface area (Å²) < 4.78 is 5.31. The molecule has 2 nitrogen and oxygen atoms in total. The molecule has 1 atom stereocenters. The van der Waals surface area contributed by atoms with Gasteiger partial charge in [-0.25, -0.2) is 0 Å². The largest absolute Gasteiger partial charge is 0.494 e. The van der Waals surface area contributed by atoms with Crippen LogP contribution in [0.4, 0.5) is 0 Å². The lowest BCUT2D eigenvalue weighted by atomic mass is 10.1. The van der Waals surface area contributed by atoms with Crippen molar-refractivity contribution in [3.63, 3.8) is 0 Å². The molecule has 0 aliphatic rings. The Morgan fingerprint density at radius 1 is 1.60 bits per heavy atom. The first-order valence-corrected chi connectivity index (χ1v) is 6.06. The van der Waals surface area contributed by atoms with E-state index in [4.69, 9.17) is 4.74 Å². The van der Waals surface area contributed by atoms with Gasteiger partial charge in [-0.3, -0.25) is 4.79 Å². The van der Waals surface area contributed by atoms with Gasteiger partial charge in [0, 0.05) is 10.5 Å². The molecule has 0 N–H and O–H groups in total. The van der Waals surface area contributed by atoms with E-state index in [1.54, 1.807) is 25.1 Å². The molecule has 1 unspecified atom stereocenters. The third kappa shape index (κ3) is 3.24. The third-order valence-electron chi connectivity index (χ3n) is 1.91. The van der Waals surface area contributed by atoms with Crippen LogP contribution in [-0.4, -0.2) is 17.2 Å². The van der Waals surface area contributed by atoms with Crippen LogP contribution in [0.3, 0.4) is 0 Å². The molecule has 0 saturated heterocycles. The van der Waals surface area contributed by atoms with Crippen molar-refractivity contribution < 1.29 is 9.53 Å². The van der Waals surface area contributed by atoms with Crippen LogP contribution in [0.5, 0.6) is 5.75 Å². The minimum Gasteiger partial charge on any atom is -0.494 e. The van der Waals surface area contributed by atoms with Crippen LogP contribution in [0.25, 0.3) is 0 Å². The molecule has 0 aliphatic carbocycles. The van der Waals surface area contributed by atoms with E-state index in [-0.39, 0.29) is 10.6 Å². The monoisotopic (exact) mass is 288 g/mol. The van der Waals surface area contributed by atoms with E-state index in [1.807, 2.05) is 6.92 Å². The molecule has 0 fully saturated rings. The van der Waals surface area contributed by atoms with Crippen molar-refractivity contribution in [3.8, 4) is 5.75 Å². The van der Waals surface area contributed by atoms with E-state index < -0.39 is 0 Å². The second kappa shape index (κ2) is 5.56. The smallest absolute Gasteiger partial charge is 0.177 e. The zero-order valence-corrected chi connectivity index (χ0v) is 11.1. The predicted molar refractivity (Wildman–Crippen MR) is 67.6 cm³/mol. The van der Waals surface area contributed by atoms with Crippen molar-refractivity contribution in [2.75, 3.05) is 6.61 Å². The minimum absolute atomic E-state index is 0.0306. The first-order chi connectivity index (χ1) is 7.06. The van der Waals surface area contributed by atoms with Gasteiger partial charge in [0.1, 0.15) is 5.75 Å². The Labute approximate surface area is 104 Å². The van der Waals surface area contributed by atoms with Gasteiger partial charge in [-0.05, 0) is 32.0 Å². The Morgan fingerprint density at radius 3 is 2.73 bits per heavy atom. The number of hydrogen-bond acceptors (Lipinski definition) is 3. The molecule has 0 aromatic heterocycles.